The van der Waals surface area contributed by atoms with E-state index in [2.05, 4.69) is 20.7 Å². The van der Waals surface area contributed by atoms with Crippen LogP contribution in [0.5, 0.6) is 0 Å². The highest BCUT2D eigenvalue weighted by atomic mass is 79.9. The quantitative estimate of drug-likeness (QED) is 0.807. The van der Waals surface area contributed by atoms with Crippen LogP contribution in [0.3, 0.4) is 0 Å². The maximum absolute atomic E-state index is 12.4. The molecule has 104 valence electrons. The third kappa shape index (κ3) is 3.20. The monoisotopic (exact) mass is 343 g/mol. The van der Waals surface area contributed by atoms with Crippen LogP contribution >= 0.6 is 15.9 Å². The van der Waals surface area contributed by atoms with Gasteiger partial charge in [-0.25, -0.2) is 13.1 Å². The van der Waals surface area contributed by atoms with Crippen LogP contribution in [-0.2, 0) is 15.4 Å². The fourth-order valence-corrected chi connectivity index (χ4v) is 4.24. The molecule has 0 aromatic heterocycles. The van der Waals surface area contributed by atoms with E-state index < -0.39 is 10.0 Å². The van der Waals surface area contributed by atoms with Gasteiger partial charge in [-0.1, -0.05) is 28.1 Å². The van der Waals surface area contributed by atoms with Crippen molar-refractivity contribution in [3.05, 3.63) is 29.8 Å². The molecule has 1 aromatic rings. The Balaban J connectivity index is 1.76. The van der Waals surface area contributed by atoms with Crippen LogP contribution in [0.2, 0.25) is 0 Å². The summed E-state index contributed by atoms with van der Waals surface area (Å²) in [6, 6.07) is 7.26. The summed E-state index contributed by atoms with van der Waals surface area (Å²) in [7, 11) is -3.36. The van der Waals surface area contributed by atoms with E-state index in [0.29, 0.717) is 16.7 Å². The Morgan fingerprint density at radius 1 is 1.11 bits per heavy atom. The molecule has 0 unspecified atom stereocenters. The van der Waals surface area contributed by atoms with Crippen molar-refractivity contribution >= 4 is 26.0 Å². The van der Waals surface area contributed by atoms with Gasteiger partial charge in [0.1, 0.15) is 0 Å². The molecular weight excluding hydrogens is 326 g/mol. The minimum absolute atomic E-state index is 0.167. The van der Waals surface area contributed by atoms with Gasteiger partial charge in [0.2, 0.25) is 10.0 Å². The first-order valence-corrected chi connectivity index (χ1v) is 9.38. The minimum Gasteiger partial charge on any atom is -0.208 e. The number of benzene rings is 1. The molecule has 2 saturated carbocycles. The maximum atomic E-state index is 12.4. The van der Waals surface area contributed by atoms with Crippen molar-refractivity contribution in [3.63, 3.8) is 0 Å². The second-order valence-corrected chi connectivity index (χ2v) is 7.87. The van der Waals surface area contributed by atoms with Crippen LogP contribution in [0, 0.1) is 11.8 Å². The predicted octanol–water partition coefficient (Wildman–Crippen LogP) is 3.05. The Morgan fingerprint density at radius 2 is 1.63 bits per heavy atom. The molecule has 0 heterocycles. The summed E-state index contributed by atoms with van der Waals surface area (Å²) in [4.78, 5) is 0.378. The van der Waals surface area contributed by atoms with Gasteiger partial charge in [-0.3, -0.25) is 0 Å². The number of hydrogen-bond donors (Lipinski definition) is 1. The zero-order valence-electron chi connectivity index (χ0n) is 10.7. The number of rotatable bonds is 6. The Labute approximate surface area is 123 Å². The summed E-state index contributed by atoms with van der Waals surface area (Å²) >= 11 is 3.36. The van der Waals surface area contributed by atoms with Gasteiger partial charge in [0.15, 0.2) is 0 Å². The third-order valence-corrected chi connectivity index (χ3v) is 6.06. The molecule has 19 heavy (non-hydrogen) atoms. The molecule has 2 fully saturated rings. The first kappa shape index (κ1) is 13.6. The van der Waals surface area contributed by atoms with Gasteiger partial charge in [0.25, 0.3) is 0 Å². The summed E-state index contributed by atoms with van der Waals surface area (Å²) in [6.45, 7) is 0. The molecule has 1 N–H and O–H groups in total. The lowest BCUT2D eigenvalue weighted by Crippen LogP contribution is -2.38. The van der Waals surface area contributed by atoms with Crippen molar-refractivity contribution in [2.75, 3.05) is 0 Å². The first-order chi connectivity index (χ1) is 9.10. The van der Waals surface area contributed by atoms with Gasteiger partial charge < -0.3 is 0 Å². The van der Waals surface area contributed by atoms with Crippen molar-refractivity contribution in [1.29, 1.82) is 0 Å². The summed E-state index contributed by atoms with van der Waals surface area (Å²) in [5.41, 5.74) is 1.08. The summed E-state index contributed by atoms with van der Waals surface area (Å²) in [6.07, 6.45) is 4.69. The molecule has 2 aliphatic carbocycles. The van der Waals surface area contributed by atoms with Crippen LogP contribution in [-0.4, -0.2) is 14.5 Å². The van der Waals surface area contributed by atoms with E-state index in [0.717, 1.165) is 10.9 Å². The van der Waals surface area contributed by atoms with E-state index in [1.54, 1.807) is 12.1 Å². The largest absolute Gasteiger partial charge is 0.240 e. The van der Waals surface area contributed by atoms with Crippen LogP contribution in [0.25, 0.3) is 0 Å². The van der Waals surface area contributed by atoms with Gasteiger partial charge in [-0.2, -0.15) is 0 Å². The molecule has 3 rings (SSSR count). The summed E-state index contributed by atoms with van der Waals surface area (Å²) in [5, 5.41) is 0.744. The zero-order chi connectivity index (χ0) is 13.5. The highest BCUT2D eigenvalue weighted by molar-refractivity contribution is 9.08. The minimum atomic E-state index is -3.36. The normalized spacial score (nSPS) is 19.9. The van der Waals surface area contributed by atoms with Gasteiger partial charge in [-0.15, -0.1) is 0 Å². The lowest BCUT2D eigenvalue weighted by atomic mass is 10.1. The van der Waals surface area contributed by atoms with E-state index in [1.807, 2.05) is 12.1 Å². The average molecular weight is 344 g/mol. The average Bonchev–Trinajstić information content (AvgIpc) is 3.29. The molecule has 0 radical (unpaired) electrons. The van der Waals surface area contributed by atoms with Crippen LogP contribution in [0.15, 0.2) is 29.2 Å². The Morgan fingerprint density at radius 3 is 2.05 bits per heavy atom. The highest BCUT2D eigenvalue weighted by Crippen LogP contribution is 2.45. The fraction of sp³-hybridized carbons (Fsp3) is 0.571. The molecule has 0 spiro atoms. The van der Waals surface area contributed by atoms with E-state index >= 15 is 0 Å². The van der Waals surface area contributed by atoms with Gasteiger partial charge >= 0.3 is 0 Å². The molecule has 0 atom stereocenters. The van der Waals surface area contributed by atoms with Crippen molar-refractivity contribution < 1.29 is 8.42 Å². The molecule has 1 aromatic carbocycles. The molecule has 2 aliphatic rings. The molecule has 0 bridgehead atoms. The van der Waals surface area contributed by atoms with E-state index in [1.165, 1.54) is 25.7 Å². The second kappa shape index (κ2) is 5.19. The van der Waals surface area contributed by atoms with Gasteiger partial charge in [-0.05, 0) is 55.2 Å². The van der Waals surface area contributed by atoms with E-state index in [9.17, 15) is 8.42 Å². The number of halogens is 1. The van der Waals surface area contributed by atoms with E-state index in [4.69, 9.17) is 0 Å². The van der Waals surface area contributed by atoms with Gasteiger partial charge in [0, 0.05) is 11.4 Å². The van der Waals surface area contributed by atoms with Crippen molar-refractivity contribution in [3.8, 4) is 0 Å². The maximum Gasteiger partial charge on any atom is 0.240 e. The third-order valence-electron chi connectivity index (χ3n) is 3.94. The molecular formula is C14H18BrNO2S. The standard InChI is InChI=1S/C14H18BrNO2S/c15-9-10-1-7-13(8-2-10)19(17,18)16-14(11-3-4-11)12-5-6-12/h1-2,7-8,11-12,14,16H,3-6,9H2. The fourth-order valence-electron chi connectivity index (χ4n) is 2.49. The molecule has 0 saturated heterocycles. The zero-order valence-corrected chi connectivity index (χ0v) is 13.1. The highest BCUT2D eigenvalue weighted by Gasteiger charge is 2.43. The molecule has 0 amide bonds. The Kier molecular flexibility index (Phi) is 3.71. The lowest BCUT2D eigenvalue weighted by molar-refractivity contribution is 0.471. The van der Waals surface area contributed by atoms with Crippen molar-refractivity contribution in [2.45, 2.75) is 42.0 Å². The molecule has 3 nitrogen and oxygen atoms in total. The summed E-state index contributed by atoms with van der Waals surface area (Å²) in [5.74, 6) is 1.15. The van der Waals surface area contributed by atoms with E-state index in [-0.39, 0.29) is 6.04 Å². The Hall–Kier alpha value is -0.390. The number of nitrogens with one attached hydrogen (secondary N) is 1. The molecule has 0 aliphatic heterocycles. The predicted molar refractivity (Wildman–Crippen MR) is 78.6 cm³/mol. The SMILES string of the molecule is O=S(=O)(NC(C1CC1)C1CC1)c1ccc(CBr)cc1. The summed E-state index contributed by atoms with van der Waals surface area (Å²) < 4.78 is 27.7. The van der Waals surface area contributed by atoms with Crippen LogP contribution in [0.1, 0.15) is 31.2 Å². The number of hydrogen-bond acceptors (Lipinski definition) is 2. The van der Waals surface area contributed by atoms with Crippen LogP contribution in [0.4, 0.5) is 0 Å². The van der Waals surface area contributed by atoms with Crippen LogP contribution < -0.4 is 4.72 Å². The Bertz CT molecular complexity index is 535. The second-order valence-electron chi connectivity index (χ2n) is 5.60. The topological polar surface area (TPSA) is 46.2 Å². The molecule has 5 heteroatoms. The van der Waals surface area contributed by atoms with Gasteiger partial charge in [0.05, 0.1) is 4.90 Å². The number of alkyl halides is 1. The van der Waals surface area contributed by atoms with Crippen molar-refractivity contribution in [1.82, 2.24) is 4.72 Å². The lowest BCUT2D eigenvalue weighted by Gasteiger charge is -2.17. The number of sulfonamides is 1. The first-order valence-electron chi connectivity index (χ1n) is 6.77. The smallest absolute Gasteiger partial charge is 0.208 e. The van der Waals surface area contributed by atoms with Crippen molar-refractivity contribution in [2.24, 2.45) is 11.8 Å².